The predicted octanol–water partition coefficient (Wildman–Crippen LogP) is 1.99. The first kappa shape index (κ1) is 19.8. The number of carbonyl (C=O) groups is 2. The molecule has 0 saturated carbocycles. The van der Waals surface area contributed by atoms with Crippen LogP contribution in [-0.4, -0.2) is 70.0 Å². The van der Waals surface area contributed by atoms with Crippen LogP contribution in [-0.2, 0) is 9.59 Å². The van der Waals surface area contributed by atoms with E-state index in [-0.39, 0.29) is 17.1 Å². The Kier molecular flexibility index (Phi) is 7.31. The van der Waals surface area contributed by atoms with Gasteiger partial charge in [0.1, 0.15) is 5.76 Å². The SMILES string of the molecule is CCN(CC)[C@@H]1CCN(C(=O)CS[C@H](C)C(=O)Nc2cc(C)on2)C1. The number of nitrogens with one attached hydrogen (secondary N) is 1. The molecule has 25 heavy (non-hydrogen) atoms. The van der Waals surface area contributed by atoms with Crippen molar-refractivity contribution < 1.29 is 14.1 Å². The summed E-state index contributed by atoms with van der Waals surface area (Å²) >= 11 is 1.35. The number of aromatic nitrogens is 1. The third-order valence-corrected chi connectivity index (χ3v) is 5.68. The number of likely N-dealkylation sites (N-methyl/N-ethyl adjacent to an activating group) is 1. The molecule has 1 fully saturated rings. The molecular formula is C17H28N4O3S. The lowest BCUT2D eigenvalue weighted by Crippen LogP contribution is -2.39. The van der Waals surface area contributed by atoms with Crippen LogP contribution in [0.2, 0.25) is 0 Å². The molecule has 2 heterocycles. The number of thioether (sulfide) groups is 1. The summed E-state index contributed by atoms with van der Waals surface area (Å²) in [6.07, 6.45) is 1.03. The van der Waals surface area contributed by atoms with Gasteiger partial charge in [-0.05, 0) is 33.4 Å². The molecular weight excluding hydrogens is 340 g/mol. The van der Waals surface area contributed by atoms with Crippen LogP contribution in [0.25, 0.3) is 0 Å². The maximum Gasteiger partial charge on any atom is 0.238 e. The van der Waals surface area contributed by atoms with Crippen LogP contribution in [0.5, 0.6) is 0 Å². The quantitative estimate of drug-likeness (QED) is 0.756. The summed E-state index contributed by atoms with van der Waals surface area (Å²) in [5.74, 6) is 1.30. The molecule has 1 aliphatic rings. The van der Waals surface area contributed by atoms with Crippen LogP contribution in [0, 0.1) is 6.92 Å². The van der Waals surface area contributed by atoms with Crippen molar-refractivity contribution in [2.45, 2.75) is 45.4 Å². The molecule has 1 aromatic heterocycles. The summed E-state index contributed by atoms with van der Waals surface area (Å²) in [6, 6.07) is 2.12. The lowest BCUT2D eigenvalue weighted by molar-refractivity contribution is -0.127. The zero-order valence-electron chi connectivity index (χ0n) is 15.4. The summed E-state index contributed by atoms with van der Waals surface area (Å²) < 4.78 is 4.92. The largest absolute Gasteiger partial charge is 0.360 e. The molecule has 1 aliphatic heterocycles. The molecule has 0 radical (unpaired) electrons. The normalized spacial score (nSPS) is 18.6. The Balaban J connectivity index is 1.75. The first-order valence-corrected chi connectivity index (χ1v) is 9.87. The second-order valence-electron chi connectivity index (χ2n) is 6.27. The van der Waals surface area contributed by atoms with Gasteiger partial charge in [-0.25, -0.2) is 0 Å². The van der Waals surface area contributed by atoms with E-state index < -0.39 is 0 Å². The number of nitrogens with zero attached hydrogens (tertiary/aromatic N) is 3. The van der Waals surface area contributed by atoms with Crippen LogP contribution < -0.4 is 5.32 Å². The van der Waals surface area contributed by atoms with E-state index in [4.69, 9.17) is 4.52 Å². The highest BCUT2D eigenvalue weighted by Gasteiger charge is 2.29. The van der Waals surface area contributed by atoms with E-state index in [1.807, 2.05) is 4.90 Å². The Hall–Kier alpha value is -1.54. The lowest BCUT2D eigenvalue weighted by Gasteiger charge is -2.26. The van der Waals surface area contributed by atoms with Gasteiger partial charge in [-0.15, -0.1) is 11.8 Å². The molecule has 0 bridgehead atoms. The third kappa shape index (κ3) is 5.47. The van der Waals surface area contributed by atoms with Gasteiger partial charge in [0, 0.05) is 25.2 Å². The summed E-state index contributed by atoms with van der Waals surface area (Å²) in [5, 5.41) is 6.11. The van der Waals surface area contributed by atoms with Crippen LogP contribution >= 0.6 is 11.8 Å². The van der Waals surface area contributed by atoms with Crippen LogP contribution in [0.1, 0.15) is 33.0 Å². The smallest absolute Gasteiger partial charge is 0.238 e. The van der Waals surface area contributed by atoms with E-state index in [1.165, 1.54) is 11.8 Å². The molecule has 1 N–H and O–H groups in total. The fourth-order valence-corrected chi connectivity index (χ4v) is 3.81. The number of rotatable bonds is 8. The maximum atomic E-state index is 12.4. The van der Waals surface area contributed by atoms with Crippen molar-refractivity contribution in [1.82, 2.24) is 15.0 Å². The number of aryl methyl sites for hydroxylation is 1. The van der Waals surface area contributed by atoms with Gasteiger partial charge in [0.15, 0.2) is 5.82 Å². The van der Waals surface area contributed by atoms with Gasteiger partial charge in [-0.3, -0.25) is 14.5 Å². The van der Waals surface area contributed by atoms with Gasteiger partial charge < -0.3 is 14.7 Å². The minimum absolute atomic E-state index is 0.108. The molecule has 8 heteroatoms. The van der Waals surface area contributed by atoms with E-state index >= 15 is 0 Å². The van der Waals surface area contributed by atoms with Crippen molar-refractivity contribution in [2.24, 2.45) is 0 Å². The second kappa shape index (κ2) is 9.24. The first-order valence-electron chi connectivity index (χ1n) is 8.82. The molecule has 0 spiro atoms. The van der Waals surface area contributed by atoms with Crippen molar-refractivity contribution in [1.29, 1.82) is 0 Å². The average molecular weight is 369 g/mol. The second-order valence-corrected chi connectivity index (χ2v) is 7.60. The first-order chi connectivity index (χ1) is 11.9. The summed E-state index contributed by atoms with van der Waals surface area (Å²) in [4.78, 5) is 28.9. The Morgan fingerprint density at radius 2 is 2.20 bits per heavy atom. The maximum absolute atomic E-state index is 12.4. The molecule has 2 rings (SSSR count). The highest BCUT2D eigenvalue weighted by Crippen LogP contribution is 2.19. The molecule has 1 aromatic rings. The standard InChI is InChI=1S/C17H28N4O3S/c1-5-20(6-2)14-7-8-21(10-14)16(22)11-25-13(4)17(23)18-15-9-12(3)24-19-15/h9,13-14H,5-8,10-11H2,1-4H3,(H,18,19,23)/t13-,14-/m1/s1. The van der Waals surface area contributed by atoms with E-state index in [2.05, 4.69) is 29.2 Å². The number of amides is 2. The highest BCUT2D eigenvalue weighted by atomic mass is 32.2. The molecule has 2 atom stereocenters. The van der Waals surface area contributed by atoms with E-state index in [9.17, 15) is 9.59 Å². The Bertz CT molecular complexity index is 588. The molecule has 0 aliphatic carbocycles. The minimum atomic E-state index is -0.331. The number of anilines is 1. The molecule has 140 valence electrons. The molecule has 0 aromatic carbocycles. The van der Waals surface area contributed by atoms with Crippen LogP contribution in [0.15, 0.2) is 10.6 Å². The van der Waals surface area contributed by atoms with Gasteiger partial charge in [0.25, 0.3) is 0 Å². The zero-order valence-corrected chi connectivity index (χ0v) is 16.3. The summed E-state index contributed by atoms with van der Waals surface area (Å²) in [7, 11) is 0. The fraction of sp³-hybridized carbons (Fsp3) is 0.706. The summed E-state index contributed by atoms with van der Waals surface area (Å²) in [6.45, 7) is 11.5. The van der Waals surface area contributed by atoms with Gasteiger partial charge >= 0.3 is 0 Å². The van der Waals surface area contributed by atoms with Crippen molar-refractivity contribution in [3.63, 3.8) is 0 Å². The molecule has 1 saturated heterocycles. The number of carbonyl (C=O) groups excluding carboxylic acids is 2. The van der Waals surface area contributed by atoms with E-state index in [0.717, 1.165) is 32.6 Å². The molecule has 0 unspecified atom stereocenters. The van der Waals surface area contributed by atoms with Crippen molar-refractivity contribution in [3.05, 3.63) is 11.8 Å². The van der Waals surface area contributed by atoms with Gasteiger partial charge in [0.2, 0.25) is 11.8 Å². The van der Waals surface area contributed by atoms with Gasteiger partial charge in [0.05, 0.1) is 11.0 Å². The van der Waals surface area contributed by atoms with Crippen molar-refractivity contribution in [2.75, 3.05) is 37.2 Å². The fourth-order valence-electron chi connectivity index (χ4n) is 3.02. The van der Waals surface area contributed by atoms with E-state index in [0.29, 0.717) is 23.4 Å². The van der Waals surface area contributed by atoms with Gasteiger partial charge in [-0.1, -0.05) is 19.0 Å². The topological polar surface area (TPSA) is 78.7 Å². The average Bonchev–Trinajstić information content (AvgIpc) is 3.23. The minimum Gasteiger partial charge on any atom is -0.360 e. The van der Waals surface area contributed by atoms with Crippen LogP contribution in [0.3, 0.4) is 0 Å². The van der Waals surface area contributed by atoms with Crippen LogP contribution in [0.4, 0.5) is 5.82 Å². The Morgan fingerprint density at radius 3 is 2.80 bits per heavy atom. The highest BCUT2D eigenvalue weighted by molar-refractivity contribution is 8.01. The third-order valence-electron chi connectivity index (χ3n) is 4.55. The molecule has 7 nitrogen and oxygen atoms in total. The number of likely N-dealkylation sites (tertiary alicyclic amines) is 1. The lowest BCUT2D eigenvalue weighted by atomic mass is 10.2. The number of hydrogen-bond acceptors (Lipinski definition) is 6. The summed E-state index contributed by atoms with van der Waals surface area (Å²) in [5.41, 5.74) is 0. The predicted molar refractivity (Wildman–Crippen MR) is 99.7 cm³/mol. The van der Waals surface area contributed by atoms with E-state index in [1.54, 1.807) is 19.9 Å². The Labute approximate surface area is 153 Å². The van der Waals surface area contributed by atoms with Crippen molar-refractivity contribution >= 4 is 29.4 Å². The Morgan fingerprint density at radius 1 is 1.48 bits per heavy atom. The van der Waals surface area contributed by atoms with Gasteiger partial charge in [-0.2, -0.15) is 0 Å². The van der Waals surface area contributed by atoms with Crippen molar-refractivity contribution in [3.8, 4) is 0 Å². The zero-order chi connectivity index (χ0) is 18.4. The number of hydrogen-bond donors (Lipinski definition) is 1. The monoisotopic (exact) mass is 368 g/mol. The molecule has 2 amide bonds.